The van der Waals surface area contributed by atoms with E-state index < -0.39 is 9.84 Å². The predicted molar refractivity (Wildman–Crippen MR) is 139 cm³/mol. The molecule has 0 aromatic heterocycles. The van der Waals surface area contributed by atoms with Gasteiger partial charge in [0.05, 0.1) is 29.0 Å². The molecule has 2 rings (SSSR count). The van der Waals surface area contributed by atoms with Crippen LogP contribution in [0.1, 0.15) is 45.7 Å². The zero-order chi connectivity index (χ0) is 24.8. The number of rotatable bonds is 12. The van der Waals surface area contributed by atoms with E-state index in [1.807, 2.05) is 50.2 Å². The monoisotopic (exact) mass is 534 g/mol. The van der Waals surface area contributed by atoms with Crippen LogP contribution in [0.4, 0.5) is 0 Å². The maximum atomic E-state index is 11.8. The van der Waals surface area contributed by atoms with Crippen LogP contribution < -0.4 is 9.47 Å². The van der Waals surface area contributed by atoms with Crippen molar-refractivity contribution in [1.29, 1.82) is 0 Å². The van der Waals surface area contributed by atoms with Crippen molar-refractivity contribution in [2.24, 2.45) is 11.8 Å². The van der Waals surface area contributed by atoms with Crippen molar-refractivity contribution >= 4 is 44.6 Å². The fourth-order valence-corrected chi connectivity index (χ4v) is 5.19. The molecule has 0 bridgehead atoms. The van der Waals surface area contributed by atoms with Gasteiger partial charge in [-0.25, -0.2) is 8.42 Å². The number of alkyl halides is 1. The van der Waals surface area contributed by atoms with Gasteiger partial charge in [-0.1, -0.05) is 70.0 Å². The summed E-state index contributed by atoms with van der Waals surface area (Å²) < 4.78 is 35.1. The Morgan fingerprint density at radius 3 is 1.97 bits per heavy atom. The lowest BCUT2D eigenvalue weighted by Crippen LogP contribution is -2.21. The summed E-state index contributed by atoms with van der Waals surface area (Å²) in [6, 6.07) is 11.6. The number of benzene rings is 2. The van der Waals surface area contributed by atoms with E-state index >= 15 is 0 Å². The molecule has 0 unspecified atom stereocenters. The first-order chi connectivity index (χ1) is 15.4. The molecule has 0 radical (unpaired) electrons. The zero-order valence-corrected chi connectivity index (χ0v) is 22.9. The fourth-order valence-electron chi connectivity index (χ4n) is 3.30. The van der Waals surface area contributed by atoms with Crippen molar-refractivity contribution in [3.05, 3.63) is 57.6 Å². The molecule has 0 saturated carbocycles. The standard InChI is InChI=1S/C25H33Cl3O4S/c1-6-33(29,30)16-18(3)15-31-21-9-7-19(8-10-21)25(4,5)20-11-22(27)24(23(28)12-20)32-14-17(2)13-26/h7-12,17-18H,6,13-16H2,1-5H3/t17-,18-/m0/s1. The highest BCUT2D eigenvalue weighted by molar-refractivity contribution is 7.91. The molecule has 2 aromatic carbocycles. The molecular weight excluding hydrogens is 503 g/mol. The third kappa shape index (κ3) is 7.95. The molecule has 0 aliphatic heterocycles. The maximum absolute atomic E-state index is 11.8. The lowest BCUT2D eigenvalue weighted by atomic mass is 9.78. The summed E-state index contributed by atoms with van der Waals surface area (Å²) in [6.07, 6.45) is 0. The van der Waals surface area contributed by atoms with Gasteiger partial charge in [0.25, 0.3) is 0 Å². The van der Waals surface area contributed by atoms with Gasteiger partial charge in [0, 0.05) is 28.9 Å². The van der Waals surface area contributed by atoms with Gasteiger partial charge in [0.2, 0.25) is 0 Å². The van der Waals surface area contributed by atoms with E-state index in [4.69, 9.17) is 44.3 Å². The predicted octanol–water partition coefficient (Wildman–Crippen LogP) is 7.02. The van der Waals surface area contributed by atoms with Crippen LogP contribution in [0.25, 0.3) is 0 Å². The minimum Gasteiger partial charge on any atom is -0.493 e. The second-order valence-electron chi connectivity index (χ2n) is 9.10. The third-order valence-electron chi connectivity index (χ3n) is 5.58. The summed E-state index contributed by atoms with van der Waals surface area (Å²) in [7, 11) is -3.02. The summed E-state index contributed by atoms with van der Waals surface area (Å²) in [5.41, 5.74) is 1.66. The first kappa shape index (κ1) is 28.1. The van der Waals surface area contributed by atoms with Gasteiger partial charge in [-0.15, -0.1) is 11.6 Å². The first-order valence-corrected chi connectivity index (χ1v) is 14.1. The number of sulfone groups is 1. The van der Waals surface area contributed by atoms with E-state index in [1.165, 1.54) is 0 Å². The molecule has 4 nitrogen and oxygen atoms in total. The van der Waals surface area contributed by atoms with E-state index in [9.17, 15) is 8.42 Å². The number of hydrogen-bond acceptors (Lipinski definition) is 4. The second kappa shape index (κ2) is 12.0. The van der Waals surface area contributed by atoms with E-state index in [-0.39, 0.29) is 28.8 Å². The fraction of sp³-hybridized carbons (Fsp3) is 0.520. The lowest BCUT2D eigenvalue weighted by Gasteiger charge is -2.27. The highest BCUT2D eigenvalue weighted by Crippen LogP contribution is 2.40. The molecule has 0 saturated heterocycles. The molecule has 0 aliphatic rings. The van der Waals surface area contributed by atoms with E-state index in [2.05, 4.69) is 13.8 Å². The van der Waals surface area contributed by atoms with Gasteiger partial charge in [-0.3, -0.25) is 0 Å². The Morgan fingerprint density at radius 2 is 1.45 bits per heavy atom. The van der Waals surface area contributed by atoms with Crippen molar-refractivity contribution in [1.82, 2.24) is 0 Å². The van der Waals surface area contributed by atoms with Crippen LogP contribution in [-0.4, -0.2) is 39.0 Å². The summed E-state index contributed by atoms with van der Waals surface area (Å²) in [6.45, 7) is 10.5. The van der Waals surface area contributed by atoms with Gasteiger partial charge in [-0.2, -0.15) is 0 Å². The Kier molecular flexibility index (Phi) is 10.2. The van der Waals surface area contributed by atoms with Crippen molar-refractivity contribution in [2.75, 3.05) is 30.6 Å². The number of hydrogen-bond donors (Lipinski definition) is 0. The highest BCUT2D eigenvalue weighted by Gasteiger charge is 2.26. The summed E-state index contributed by atoms with van der Waals surface area (Å²) in [4.78, 5) is 0. The van der Waals surface area contributed by atoms with Gasteiger partial charge >= 0.3 is 0 Å². The number of ether oxygens (including phenoxy) is 2. The van der Waals surface area contributed by atoms with Crippen molar-refractivity contribution in [3.63, 3.8) is 0 Å². The van der Waals surface area contributed by atoms with Crippen LogP contribution in [0, 0.1) is 11.8 Å². The van der Waals surface area contributed by atoms with Crippen LogP contribution in [0.2, 0.25) is 10.0 Å². The van der Waals surface area contributed by atoms with Crippen molar-refractivity contribution in [3.8, 4) is 11.5 Å². The SMILES string of the molecule is CCS(=O)(=O)C[C@@H](C)COc1ccc(C(C)(C)c2cc(Cl)c(OC[C@@H](C)CCl)c(Cl)c2)cc1. The van der Waals surface area contributed by atoms with Gasteiger partial charge in [-0.05, 0) is 35.4 Å². The average Bonchev–Trinajstić information content (AvgIpc) is 2.76. The van der Waals surface area contributed by atoms with Gasteiger partial charge in [0.1, 0.15) is 15.6 Å². The Balaban J connectivity index is 2.12. The Hall–Kier alpha value is -1.14. The Bertz CT molecular complexity index is 997. The smallest absolute Gasteiger partial charge is 0.156 e. The van der Waals surface area contributed by atoms with Crippen molar-refractivity contribution < 1.29 is 17.9 Å². The minimum absolute atomic E-state index is 0.0801. The molecule has 0 fully saturated rings. The molecular formula is C25H33Cl3O4S. The Morgan fingerprint density at radius 1 is 0.909 bits per heavy atom. The molecule has 0 spiro atoms. The quantitative estimate of drug-likeness (QED) is 0.274. The first-order valence-electron chi connectivity index (χ1n) is 11.0. The van der Waals surface area contributed by atoms with Gasteiger partial charge in [0.15, 0.2) is 5.75 Å². The normalized spacial score (nSPS) is 14.1. The summed E-state index contributed by atoms with van der Waals surface area (Å²) >= 11 is 18.9. The van der Waals surface area contributed by atoms with E-state index in [1.54, 1.807) is 6.92 Å². The van der Waals surface area contributed by atoms with Crippen molar-refractivity contribution in [2.45, 2.75) is 40.0 Å². The summed E-state index contributed by atoms with van der Waals surface area (Å²) in [5.74, 6) is 2.05. The average molecular weight is 536 g/mol. The van der Waals surface area contributed by atoms with Crippen LogP contribution in [-0.2, 0) is 15.3 Å². The largest absolute Gasteiger partial charge is 0.493 e. The van der Waals surface area contributed by atoms with Gasteiger partial charge < -0.3 is 9.47 Å². The molecule has 0 aliphatic carbocycles. The van der Waals surface area contributed by atoms with Crippen LogP contribution in [0.3, 0.4) is 0 Å². The molecule has 0 amide bonds. The maximum Gasteiger partial charge on any atom is 0.156 e. The minimum atomic E-state index is -3.02. The van der Waals surface area contributed by atoms with Crippen LogP contribution in [0.5, 0.6) is 11.5 Å². The van der Waals surface area contributed by atoms with E-state index in [0.717, 1.165) is 11.1 Å². The van der Waals surface area contributed by atoms with Crippen LogP contribution >= 0.6 is 34.8 Å². The highest BCUT2D eigenvalue weighted by atomic mass is 35.5. The lowest BCUT2D eigenvalue weighted by molar-refractivity contribution is 0.271. The van der Waals surface area contributed by atoms with E-state index in [0.29, 0.717) is 40.6 Å². The summed E-state index contributed by atoms with van der Waals surface area (Å²) in [5, 5.41) is 0.923. The topological polar surface area (TPSA) is 52.6 Å². The molecule has 2 atom stereocenters. The Labute approximate surface area is 213 Å². The van der Waals surface area contributed by atoms with Crippen LogP contribution in [0.15, 0.2) is 36.4 Å². The molecule has 33 heavy (non-hydrogen) atoms. The molecule has 184 valence electrons. The number of halogens is 3. The second-order valence-corrected chi connectivity index (χ2v) is 12.6. The third-order valence-corrected chi connectivity index (χ3v) is 8.63. The molecule has 2 aromatic rings. The zero-order valence-electron chi connectivity index (χ0n) is 19.8. The molecule has 8 heteroatoms. The molecule has 0 heterocycles. The molecule has 0 N–H and O–H groups in total.